The van der Waals surface area contributed by atoms with Crippen molar-refractivity contribution in [2.75, 3.05) is 13.7 Å². The monoisotopic (exact) mass is 262 g/mol. The molecule has 1 aliphatic heterocycles. The lowest BCUT2D eigenvalue weighted by atomic mass is 10.0. The van der Waals surface area contributed by atoms with E-state index < -0.39 is 12.1 Å². The fourth-order valence-corrected chi connectivity index (χ4v) is 2.15. The first-order chi connectivity index (χ1) is 9.12. The molecule has 0 radical (unpaired) electrons. The molecule has 1 aromatic carbocycles. The van der Waals surface area contributed by atoms with Crippen molar-refractivity contribution in [1.29, 1.82) is 0 Å². The number of ether oxygens (including phenoxy) is 3. The number of carbonyl (C=O) groups is 1. The van der Waals surface area contributed by atoms with Crippen LogP contribution in [0.25, 0.3) is 5.57 Å². The SMILES string of the molecule is CCOc1cc2c(c(=C=O)c1)=C(C)C(OC)C(=O)O2. The Labute approximate surface area is 110 Å². The second-order valence-electron chi connectivity index (χ2n) is 4.10. The minimum Gasteiger partial charge on any atom is -0.494 e. The van der Waals surface area contributed by atoms with Crippen LogP contribution < -0.4 is 19.9 Å². The second kappa shape index (κ2) is 5.26. The Morgan fingerprint density at radius 1 is 1.42 bits per heavy atom. The van der Waals surface area contributed by atoms with Gasteiger partial charge in [-0.3, -0.25) is 0 Å². The molecule has 1 heterocycles. The number of carbonyl (C=O) groups excluding carboxylic acids is 2. The van der Waals surface area contributed by atoms with Gasteiger partial charge in [-0.05, 0) is 25.5 Å². The average Bonchev–Trinajstić information content (AvgIpc) is 2.38. The summed E-state index contributed by atoms with van der Waals surface area (Å²) in [5.74, 6) is 2.12. The quantitative estimate of drug-likeness (QED) is 0.552. The molecule has 5 nitrogen and oxygen atoms in total. The highest BCUT2D eigenvalue weighted by Gasteiger charge is 2.29. The Balaban J connectivity index is 2.78. The van der Waals surface area contributed by atoms with Crippen LogP contribution in [0.5, 0.6) is 11.5 Å². The van der Waals surface area contributed by atoms with Crippen LogP contribution in [0.1, 0.15) is 13.8 Å². The molecule has 19 heavy (non-hydrogen) atoms. The van der Waals surface area contributed by atoms with Gasteiger partial charge >= 0.3 is 5.97 Å². The lowest BCUT2D eigenvalue weighted by Crippen LogP contribution is -2.43. The average molecular weight is 262 g/mol. The number of hydrogen-bond donors (Lipinski definition) is 0. The fraction of sp³-hybridized carbons (Fsp3) is 0.357. The van der Waals surface area contributed by atoms with E-state index in [9.17, 15) is 9.59 Å². The Hall–Kier alpha value is -2.10. The minimum atomic E-state index is -0.794. The van der Waals surface area contributed by atoms with Crippen LogP contribution in [-0.4, -0.2) is 31.7 Å². The molecule has 2 rings (SSSR count). The van der Waals surface area contributed by atoms with Crippen LogP contribution in [0.15, 0.2) is 12.1 Å². The van der Waals surface area contributed by atoms with Gasteiger partial charge < -0.3 is 14.2 Å². The number of methoxy groups -OCH3 is 1. The Morgan fingerprint density at radius 3 is 2.74 bits per heavy atom. The van der Waals surface area contributed by atoms with Gasteiger partial charge in [0.15, 0.2) is 6.10 Å². The van der Waals surface area contributed by atoms with E-state index in [2.05, 4.69) is 0 Å². The highest BCUT2D eigenvalue weighted by molar-refractivity contribution is 5.90. The molecule has 0 saturated carbocycles. The summed E-state index contributed by atoms with van der Waals surface area (Å²) in [6, 6.07) is 3.16. The van der Waals surface area contributed by atoms with E-state index in [0.717, 1.165) is 0 Å². The first-order valence-electron chi connectivity index (χ1n) is 5.89. The van der Waals surface area contributed by atoms with Crippen molar-refractivity contribution in [3.8, 4) is 11.5 Å². The van der Waals surface area contributed by atoms with Gasteiger partial charge in [-0.1, -0.05) is 0 Å². The van der Waals surface area contributed by atoms with E-state index in [1.807, 2.05) is 12.9 Å². The van der Waals surface area contributed by atoms with Crippen molar-refractivity contribution in [1.82, 2.24) is 0 Å². The first-order valence-corrected chi connectivity index (χ1v) is 5.89. The van der Waals surface area contributed by atoms with Crippen molar-refractivity contribution in [2.24, 2.45) is 0 Å². The van der Waals surface area contributed by atoms with E-state index in [1.165, 1.54) is 7.11 Å². The molecule has 100 valence electrons. The number of fused-ring (bicyclic) bond motifs is 1. The zero-order chi connectivity index (χ0) is 14.0. The second-order valence-corrected chi connectivity index (χ2v) is 4.10. The lowest BCUT2D eigenvalue weighted by molar-refractivity contribution is -0.142. The molecular formula is C14H14O5. The fourth-order valence-electron chi connectivity index (χ4n) is 2.15. The van der Waals surface area contributed by atoms with E-state index in [-0.39, 0.29) is 0 Å². The predicted octanol–water partition coefficient (Wildman–Crippen LogP) is -0.307. The van der Waals surface area contributed by atoms with Crippen molar-refractivity contribution in [2.45, 2.75) is 20.0 Å². The Bertz CT molecular complexity index is 655. The number of esters is 1. The van der Waals surface area contributed by atoms with Gasteiger partial charge in [0.2, 0.25) is 0 Å². The molecule has 0 fully saturated rings. The molecule has 0 bridgehead atoms. The molecule has 1 aliphatic rings. The molecule has 0 aromatic heterocycles. The van der Waals surface area contributed by atoms with Gasteiger partial charge in [0.25, 0.3) is 0 Å². The van der Waals surface area contributed by atoms with Crippen LogP contribution in [0.4, 0.5) is 0 Å². The predicted molar refractivity (Wildman–Crippen MR) is 67.2 cm³/mol. The molecule has 0 spiro atoms. The summed E-state index contributed by atoms with van der Waals surface area (Å²) in [5.41, 5.74) is 0.634. The lowest BCUT2D eigenvalue weighted by Gasteiger charge is -2.21. The van der Waals surface area contributed by atoms with Crippen LogP contribution >= 0.6 is 0 Å². The Kier molecular flexibility index (Phi) is 3.69. The van der Waals surface area contributed by atoms with Gasteiger partial charge in [-0.15, -0.1) is 0 Å². The molecule has 1 unspecified atom stereocenters. The molecule has 1 atom stereocenters. The Morgan fingerprint density at radius 2 is 2.16 bits per heavy atom. The van der Waals surface area contributed by atoms with Crippen molar-refractivity contribution < 1.29 is 23.8 Å². The highest BCUT2D eigenvalue weighted by Crippen LogP contribution is 2.20. The molecule has 0 N–H and O–H groups in total. The number of hydrogen-bond acceptors (Lipinski definition) is 5. The number of benzene rings is 1. The van der Waals surface area contributed by atoms with Crippen LogP contribution in [0.3, 0.4) is 0 Å². The summed E-state index contributed by atoms with van der Waals surface area (Å²) in [5, 5.41) is 0.845. The topological polar surface area (TPSA) is 61.8 Å². The zero-order valence-corrected chi connectivity index (χ0v) is 11.0. The highest BCUT2D eigenvalue weighted by atomic mass is 16.6. The maximum Gasteiger partial charge on any atom is 0.345 e. The third-order valence-corrected chi connectivity index (χ3v) is 2.94. The van der Waals surface area contributed by atoms with Crippen molar-refractivity contribution in [3.63, 3.8) is 0 Å². The summed E-state index contributed by atoms with van der Waals surface area (Å²) >= 11 is 0. The first kappa shape index (κ1) is 13.3. The van der Waals surface area contributed by atoms with Crippen molar-refractivity contribution in [3.05, 3.63) is 22.6 Å². The molecule has 0 aliphatic carbocycles. The molecule has 0 saturated heterocycles. The zero-order valence-electron chi connectivity index (χ0n) is 11.0. The van der Waals surface area contributed by atoms with E-state index in [0.29, 0.717) is 34.1 Å². The maximum atomic E-state index is 11.8. The van der Waals surface area contributed by atoms with E-state index in [1.54, 1.807) is 19.1 Å². The van der Waals surface area contributed by atoms with Gasteiger partial charge in [-0.2, -0.15) is 0 Å². The molecule has 0 amide bonds. The van der Waals surface area contributed by atoms with Crippen molar-refractivity contribution >= 4 is 17.5 Å². The van der Waals surface area contributed by atoms with E-state index in [4.69, 9.17) is 14.2 Å². The van der Waals surface area contributed by atoms with Gasteiger partial charge in [-0.25, -0.2) is 9.59 Å². The van der Waals surface area contributed by atoms with Crippen LogP contribution in [0, 0.1) is 0 Å². The van der Waals surface area contributed by atoms with E-state index >= 15 is 0 Å². The largest absolute Gasteiger partial charge is 0.494 e. The van der Waals surface area contributed by atoms with Crippen LogP contribution in [0.2, 0.25) is 0 Å². The van der Waals surface area contributed by atoms with Gasteiger partial charge in [0.1, 0.15) is 17.4 Å². The standard InChI is InChI=1S/C14H14O5/c1-4-18-10-5-9(7-15)12-8(2)13(17-3)14(16)19-11(12)6-10/h5-6,13H,4H2,1-3H3. The maximum absolute atomic E-state index is 11.8. The third-order valence-electron chi connectivity index (χ3n) is 2.94. The summed E-state index contributed by atoms with van der Waals surface area (Å²) in [4.78, 5) is 22.8. The molecule has 1 aromatic rings. The number of rotatable bonds is 3. The summed E-state index contributed by atoms with van der Waals surface area (Å²) in [6.07, 6.45) is -0.794. The molecular weight excluding hydrogens is 248 g/mol. The summed E-state index contributed by atoms with van der Waals surface area (Å²) in [6.45, 7) is 4.01. The smallest absolute Gasteiger partial charge is 0.345 e. The summed E-state index contributed by atoms with van der Waals surface area (Å²) < 4.78 is 15.6. The third kappa shape index (κ3) is 2.26. The van der Waals surface area contributed by atoms with Gasteiger partial charge in [0, 0.05) is 18.4 Å². The molecule has 5 heteroatoms. The normalized spacial score (nSPS) is 17.5. The summed E-state index contributed by atoms with van der Waals surface area (Å²) in [7, 11) is 1.42. The minimum absolute atomic E-state index is 0.299. The van der Waals surface area contributed by atoms with Crippen LogP contribution in [-0.2, 0) is 14.3 Å². The van der Waals surface area contributed by atoms with Gasteiger partial charge in [0.05, 0.1) is 11.8 Å².